The second kappa shape index (κ2) is 10.1. The van der Waals surface area contributed by atoms with Crippen LogP contribution in [-0.2, 0) is 9.59 Å². The lowest BCUT2D eigenvalue weighted by Gasteiger charge is -2.16. The Balaban J connectivity index is 1.50. The minimum atomic E-state index is -0.685. The average Bonchev–Trinajstić information content (AvgIpc) is 3.07. The minimum Gasteiger partial charge on any atom is -0.497 e. The maximum Gasteiger partial charge on any atom is 0.283 e. The Morgan fingerprint density at radius 2 is 1.60 bits per heavy atom. The smallest absolute Gasteiger partial charge is 0.283 e. The van der Waals surface area contributed by atoms with Gasteiger partial charge in [-0.1, -0.05) is 35.3 Å². The van der Waals surface area contributed by atoms with E-state index in [0.717, 1.165) is 4.90 Å². The molecule has 0 fully saturated rings. The molecule has 3 aromatic rings. The molecule has 0 aromatic heterocycles. The third-order valence-electron chi connectivity index (χ3n) is 5.19. The molecule has 3 amide bonds. The Kier molecular flexibility index (Phi) is 6.95. The molecule has 8 nitrogen and oxygen atoms in total. The molecule has 35 heavy (non-hydrogen) atoms. The molecule has 178 valence electrons. The molecule has 3 aromatic carbocycles. The van der Waals surface area contributed by atoms with Gasteiger partial charge in [0.1, 0.15) is 22.2 Å². The van der Waals surface area contributed by atoms with Crippen molar-refractivity contribution in [2.75, 3.05) is 29.8 Å². The number of carbonyl (C=O) groups is 3. The van der Waals surface area contributed by atoms with E-state index in [-0.39, 0.29) is 27.3 Å². The molecule has 0 radical (unpaired) electrons. The molecule has 0 atom stereocenters. The van der Waals surface area contributed by atoms with Crippen LogP contribution in [0.4, 0.5) is 17.1 Å². The highest BCUT2D eigenvalue weighted by Gasteiger charge is 2.39. The lowest BCUT2D eigenvalue weighted by molar-refractivity contribution is -0.120. The second-order valence-corrected chi connectivity index (χ2v) is 8.09. The van der Waals surface area contributed by atoms with Crippen molar-refractivity contribution >= 4 is 58.0 Å². The first-order valence-corrected chi connectivity index (χ1v) is 11.0. The Hall–Kier alpha value is -4.01. The van der Waals surface area contributed by atoms with Gasteiger partial charge in [0.15, 0.2) is 0 Å². The van der Waals surface area contributed by atoms with Crippen LogP contribution in [0.15, 0.2) is 77.5 Å². The zero-order valence-corrected chi connectivity index (χ0v) is 20.1. The zero-order chi connectivity index (χ0) is 25.1. The molecular weight excluding hydrogens is 493 g/mol. The van der Waals surface area contributed by atoms with Crippen molar-refractivity contribution in [2.45, 2.75) is 0 Å². The maximum atomic E-state index is 12.9. The highest BCUT2D eigenvalue weighted by Crippen LogP contribution is 2.34. The number of nitrogens with zero attached hydrogens (tertiary/aromatic N) is 1. The summed E-state index contributed by atoms with van der Waals surface area (Å²) in [5.74, 6) is -0.660. The summed E-state index contributed by atoms with van der Waals surface area (Å²) in [7, 11) is 3.02. The molecular formula is C25H19Cl2N3O5. The molecule has 4 rings (SSSR count). The molecule has 1 aliphatic heterocycles. The summed E-state index contributed by atoms with van der Waals surface area (Å²) in [6, 6.07) is 17.8. The summed E-state index contributed by atoms with van der Waals surface area (Å²) in [4.78, 5) is 39.2. The molecule has 0 bridgehead atoms. The Labute approximate surface area is 211 Å². The van der Waals surface area contributed by atoms with Gasteiger partial charge in [0.25, 0.3) is 17.7 Å². The Morgan fingerprint density at radius 1 is 0.886 bits per heavy atom. The van der Waals surface area contributed by atoms with Crippen LogP contribution >= 0.6 is 23.2 Å². The summed E-state index contributed by atoms with van der Waals surface area (Å²) in [5, 5.41) is 5.62. The van der Waals surface area contributed by atoms with Gasteiger partial charge >= 0.3 is 0 Å². The molecule has 0 aliphatic carbocycles. The third-order valence-corrected chi connectivity index (χ3v) is 5.86. The number of imide groups is 1. The number of para-hydroxylation sites is 1. The van der Waals surface area contributed by atoms with Gasteiger partial charge < -0.3 is 20.1 Å². The van der Waals surface area contributed by atoms with Gasteiger partial charge in [-0.05, 0) is 48.5 Å². The second-order valence-electron chi connectivity index (χ2n) is 7.31. The van der Waals surface area contributed by atoms with Crippen molar-refractivity contribution < 1.29 is 23.9 Å². The van der Waals surface area contributed by atoms with Crippen LogP contribution in [0.25, 0.3) is 0 Å². The summed E-state index contributed by atoms with van der Waals surface area (Å²) in [6.07, 6.45) is 0. The number of benzene rings is 3. The topological polar surface area (TPSA) is 97.0 Å². The van der Waals surface area contributed by atoms with Crippen molar-refractivity contribution in [2.24, 2.45) is 0 Å². The Bertz CT molecular complexity index is 1360. The molecule has 0 saturated heterocycles. The van der Waals surface area contributed by atoms with Gasteiger partial charge in [-0.15, -0.1) is 0 Å². The minimum absolute atomic E-state index is 0.0881. The van der Waals surface area contributed by atoms with Crippen LogP contribution in [-0.4, -0.2) is 31.9 Å². The quantitative estimate of drug-likeness (QED) is 0.431. The number of anilines is 3. The number of methoxy groups -OCH3 is 2. The predicted octanol–water partition coefficient (Wildman–Crippen LogP) is 5.05. The van der Waals surface area contributed by atoms with Crippen molar-refractivity contribution in [3.05, 3.63) is 88.0 Å². The van der Waals surface area contributed by atoms with Gasteiger partial charge in [0, 0.05) is 17.3 Å². The Morgan fingerprint density at radius 3 is 2.26 bits per heavy atom. The number of hydrogen-bond donors (Lipinski definition) is 2. The maximum absolute atomic E-state index is 12.9. The van der Waals surface area contributed by atoms with E-state index in [1.807, 2.05) is 0 Å². The van der Waals surface area contributed by atoms with Gasteiger partial charge in [-0.25, -0.2) is 4.90 Å². The molecule has 10 heteroatoms. The number of hydrogen-bond acceptors (Lipinski definition) is 6. The molecule has 0 spiro atoms. The number of ether oxygens (including phenoxy) is 2. The summed E-state index contributed by atoms with van der Waals surface area (Å²) in [5.41, 5.74) is 1.41. The van der Waals surface area contributed by atoms with Crippen molar-refractivity contribution in [3.8, 4) is 11.5 Å². The molecule has 0 unspecified atom stereocenters. The van der Waals surface area contributed by atoms with Crippen LogP contribution in [0.1, 0.15) is 10.4 Å². The highest BCUT2D eigenvalue weighted by molar-refractivity contribution is 6.53. The fraction of sp³-hybridized carbons (Fsp3) is 0.0800. The number of nitrogens with one attached hydrogen (secondary N) is 2. The van der Waals surface area contributed by atoms with Crippen molar-refractivity contribution in [1.29, 1.82) is 0 Å². The van der Waals surface area contributed by atoms with Crippen LogP contribution in [0.2, 0.25) is 5.02 Å². The van der Waals surface area contributed by atoms with E-state index in [1.165, 1.54) is 14.2 Å². The van der Waals surface area contributed by atoms with Gasteiger partial charge in [-0.3, -0.25) is 14.4 Å². The zero-order valence-electron chi connectivity index (χ0n) is 18.6. The monoisotopic (exact) mass is 511 g/mol. The SMILES string of the molecule is COc1ccc(OC)c(NC(=O)c2ccc(NC3=C(Cl)C(=O)N(c4ccccc4Cl)C3=O)cc2)c1. The first-order valence-electron chi connectivity index (χ1n) is 10.3. The lowest BCUT2D eigenvalue weighted by atomic mass is 10.1. The van der Waals surface area contributed by atoms with E-state index in [2.05, 4.69) is 10.6 Å². The first-order chi connectivity index (χ1) is 16.8. The number of carbonyl (C=O) groups excluding carboxylic acids is 3. The van der Waals surface area contributed by atoms with E-state index in [4.69, 9.17) is 32.7 Å². The van der Waals surface area contributed by atoms with Crippen LogP contribution in [0.5, 0.6) is 11.5 Å². The standard InChI is InChI=1S/C25H19Cl2N3O5/c1-34-16-11-12-20(35-2)18(13-16)29-23(31)14-7-9-15(10-8-14)28-22-21(27)24(32)30(25(22)33)19-6-4-3-5-17(19)26/h3-13,28H,1-2H3,(H,29,31). The third kappa shape index (κ3) is 4.80. The van der Waals surface area contributed by atoms with Crippen molar-refractivity contribution in [3.63, 3.8) is 0 Å². The average molecular weight is 512 g/mol. The predicted molar refractivity (Wildman–Crippen MR) is 134 cm³/mol. The molecule has 1 heterocycles. The van der Waals surface area contributed by atoms with E-state index in [0.29, 0.717) is 28.4 Å². The van der Waals surface area contributed by atoms with Gasteiger partial charge in [0.05, 0.1) is 30.6 Å². The van der Waals surface area contributed by atoms with E-state index >= 15 is 0 Å². The fourth-order valence-electron chi connectivity index (χ4n) is 3.42. The van der Waals surface area contributed by atoms with E-state index in [1.54, 1.807) is 66.7 Å². The summed E-state index contributed by atoms with van der Waals surface area (Å²) < 4.78 is 10.5. The van der Waals surface area contributed by atoms with Gasteiger partial charge in [0.2, 0.25) is 0 Å². The summed E-state index contributed by atoms with van der Waals surface area (Å²) in [6.45, 7) is 0. The highest BCUT2D eigenvalue weighted by atomic mass is 35.5. The molecule has 1 aliphatic rings. The first kappa shape index (κ1) is 24.1. The van der Waals surface area contributed by atoms with Crippen LogP contribution < -0.4 is 25.0 Å². The van der Waals surface area contributed by atoms with Crippen LogP contribution in [0, 0.1) is 0 Å². The lowest BCUT2D eigenvalue weighted by Crippen LogP contribution is -2.32. The van der Waals surface area contributed by atoms with Gasteiger partial charge in [-0.2, -0.15) is 0 Å². The van der Waals surface area contributed by atoms with Crippen molar-refractivity contribution in [1.82, 2.24) is 0 Å². The van der Waals surface area contributed by atoms with E-state index < -0.39 is 11.8 Å². The normalized spacial score (nSPS) is 13.2. The molecule has 0 saturated carbocycles. The summed E-state index contributed by atoms with van der Waals surface area (Å²) >= 11 is 12.3. The van der Waals surface area contributed by atoms with E-state index in [9.17, 15) is 14.4 Å². The van der Waals surface area contributed by atoms with Crippen LogP contribution in [0.3, 0.4) is 0 Å². The number of amides is 3. The number of rotatable bonds is 7. The largest absolute Gasteiger partial charge is 0.497 e. The molecule has 2 N–H and O–H groups in total. The number of halogens is 2. The fourth-order valence-corrected chi connectivity index (χ4v) is 3.85.